The lowest BCUT2D eigenvalue weighted by atomic mass is 10.3. The highest BCUT2D eigenvalue weighted by Crippen LogP contribution is 2.18. The maximum absolute atomic E-state index is 13.5. The van der Waals surface area contributed by atoms with E-state index < -0.39 is 5.82 Å². The Morgan fingerprint density at radius 3 is 2.58 bits per heavy atom. The van der Waals surface area contributed by atoms with Crippen molar-refractivity contribution < 1.29 is 9.50 Å². The van der Waals surface area contributed by atoms with Crippen molar-refractivity contribution in [3.63, 3.8) is 0 Å². The molecule has 0 amide bonds. The van der Waals surface area contributed by atoms with E-state index in [4.69, 9.17) is 5.11 Å². The molecule has 2 heterocycles. The normalized spacial score (nSPS) is 16.7. The molecular weight excluding hydrogens is 249 g/mol. The molecule has 0 radical (unpaired) electrons. The minimum absolute atomic E-state index is 0.178. The average Bonchev–Trinajstić information content (AvgIpc) is 2.40. The maximum atomic E-state index is 13.5. The van der Waals surface area contributed by atoms with E-state index in [1.165, 1.54) is 6.20 Å². The molecule has 1 fully saturated rings. The first kappa shape index (κ1) is 14.0. The highest BCUT2D eigenvalue weighted by Gasteiger charge is 2.20. The molecule has 1 aliphatic heterocycles. The number of nitrogens with zero attached hydrogens (tertiary/aromatic N) is 5. The van der Waals surface area contributed by atoms with Gasteiger partial charge in [0.15, 0.2) is 11.6 Å². The number of rotatable bonds is 4. The molecule has 1 aromatic rings. The van der Waals surface area contributed by atoms with Gasteiger partial charge in [0.1, 0.15) is 0 Å². The Balaban J connectivity index is 2.05. The molecule has 1 aromatic heterocycles. The fraction of sp³-hybridized carbons (Fsp3) is 0.667. The standard InChI is InChI=1S/C12H20FN5O/c1-16(2)11-10(13)9-14-12(15-11)18-5-3-17(4-6-18)7-8-19/h9,19H,3-8H2,1-2H3. The van der Waals surface area contributed by atoms with Crippen LogP contribution in [0.15, 0.2) is 6.20 Å². The van der Waals surface area contributed by atoms with Crippen LogP contribution in [-0.4, -0.2) is 73.4 Å². The first-order valence-electron chi connectivity index (χ1n) is 6.40. The molecule has 1 N–H and O–H groups in total. The first-order valence-corrected chi connectivity index (χ1v) is 6.40. The van der Waals surface area contributed by atoms with Gasteiger partial charge in [0, 0.05) is 46.8 Å². The van der Waals surface area contributed by atoms with Crippen molar-refractivity contribution in [1.82, 2.24) is 14.9 Å². The van der Waals surface area contributed by atoms with Gasteiger partial charge in [0.05, 0.1) is 12.8 Å². The van der Waals surface area contributed by atoms with Crippen molar-refractivity contribution in [2.45, 2.75) is 0 Å². The highest BCUT2D eigenvalue weighted by atomic mass is 19.1. The molecule has 1 saturated heterocycles. The van der Waals surface area contributed by atoms with E-state index in [0.717, 1.165) is 26.2 Å². The minimum Gasteiger partial charge on any atom is -0.395 e. The molecular formula is C12H20FN5O. The molecule has 0 aromatic carbocycles. The summed E-state index contributed by atoms with van der Waals surface area (Å²) in [5.41, 5.74) is 0. The molecule has 0 aliphatic carbocycles. The van der Waals surface area contributed by atoms with Crippen LogP contribution < -0.4 is 9.80 Å². The number of β-amino-alcohol motifs (C(OH)–C–C–N with tert-alkyl or cyclic N) is 1. The molecule has 0 saturated carbocycles. The largest absolute Gasteiger partial charge is 0.395 e. The lowest BCUT2D eigenvalue weighted by Crippen LogP contribution is -2.47. The van der Waals surface area contributed by atoms with E-state index in [-0.39, 0.29) is 6.61 Å². The van der Waals surface area contributed by atoms with Gasteiger partial charge in [-0.2, -0.15) is 4.98 Å². The molecule has 2 rings (SSSR count). The van der Waals surface area contributed by atoms with Crippen molar-refractivity contribution in [2.24, 2.45) is 0 Å². The number of anilines is 2. The van der Waals surface area contributed by atoms with Gasteiger partial charge >= 0.3 is 0 Å². The monoisotopic (exact) mass is 269 g/mol. The van der Waals surface area contributed by atoms with Gasteiger partial charge in [0.25, 0.3) is 0 Å². The second-order valence-electron chi connectivity index (χ2n) is 4.79. The average molecular weight is 269 g/mol. The molecule has 7 heteroatoms. The van der Waals surface area contributed by atoms with Crippen LogP contribution in [0.1, 0.15) is 0 Å². The summed E-state index contributed by atoms with van der Waals surface area (Å²) >= 11 is 0. The van der Waals surface area contributed by atoms with Gasteiger partial charge in [-0.05, 0) is 0 Å². The molecule has 6 nitrogen and oxygen atoms in total. The van der Waals surface area contributed by atoms with Gasteiger partial charge in [-0.3, -0.25) is 4.90 Å². The van der Waals surface area contributed by atoms with E-state index in [2.05, 4.69) is 14.9 Å². The van der Waals surface area contributed by atoms with Crippen LogP contribution in [0.2, 0.25) is 0 Å². The van der Waals surface area contributed by atoms with Crippen molar-refractivity contribution in [1.29, 1.82) is 0 Å². The number of aliphatic hydroxyl groups excluding tert-OH is 1. The minimum atomic E-state index is -0.410. The molecule has 0 spiro atoms. The van der Waals surface area contributed by atoms with E-state index >= 15 is 0 Å². The zero-order chi connectivity index (χ0) is 13.8. The summed E-state index contributed by atoms with van der Waals surface area (Å²) in [6.45, 7) is 4.17. The third-order valence-corrected chi connectivity index (χ3v) is 3.21. The van der Waals surface area contributed by atoms with E-state index in [1.807, 2.05) is 4.90 Å². The summed E-state index contributed by atoms with van der Waals surface area (Å²) in [4.78, 5) is 14.2. The topological polar surface area (TPSA) is 55.7 Å². The van der Waals surface area contributed by atoms with E-state index in [0.29, 0.717) is 18.3 Å². The van der Waals surface area contributed by atoms with Crippen molar-refractivity contribution in [2.75, 3.05) is 63.2 Å². The SMILES string of the molecule is CN(C)c1nc(N2CCN(CCO)CC2)ncc1F. The quantitative estimate of drug-likeness (QED) is 0.817. The Kier molecular flexibility index (Phi) is 4.49. The summed E-state index contributed by atoms with van der Waals surface area (Å²) in [6, 6.07) is 0. The molecule has 1 aliphatic rings. The number of aromatic nitrogens is 2. The maximum Gasteiger partial charge on any atom is 0.227 e. The Hall–Kier alpha value is -1.47. The first-order chi connectivity index (χ1) is 9.11. The Bertz CT molecular complexity index is 421. The summed E-state index contributed by atoms with van der Waals surface area (Å²) < 4.78 is 13.5. The molecule has 0 unspecified atom stereocenters. The fourth-order valence-corrected chi connectivity index (χ4v) is 2.13. The third-order valence-electron chi connectivity index (χ3n) is 3.21. The Morgan fingerprint density at radius 1 is 1.32 bits per heavy atom. The molecule has 106 valence electrons. The summed E-state index contributed by atoms with van der Waals surface area (Å²) in [7, 11) is 3.52. The van der Waals surface area contributed by atoms with Gasteiger partial charge in [-0.1, -0.05) is 0 Å². The van der Waals surface area contributed by atoms with E-state index in [9.17, 15) is 4.39 Å². The van der Waals surface area contributed by atoms with Gasteiger partial charge < -0.3 is 14.9 Å². The number of hydrogen-bond donors (Lipinski definition) is 1. The second kappa shape index (κ2) is 6.12. The third kappa shape index (κ3) is 3.30. The predicted octanol–water partition coefficient (Wildman–Crippen LogP) is -0.204. The number of piperazine rings is 1. The van der Waals surface area contributed by atoms with Crippen LogP contribution in [0, 0.1) is 5.82 Å². The Morgan fingerprint density at radius 2 is 2.00 bits per heavy atom. The van der Waals surface area contributed by atoms with Crippen LogP contribution in [0.3, 0.4) is 0 Å². The van der Waals surface area contributed by atoms with Gasteiger partial charge in [-0.25, -0.2) is 9.37 Å². The van der Waals surface area contributed by atoms with Crippen molar-refractivity contribution >= 4 is 11.8 Å². The zero-order valence-electron chi connectivity index (χ0n) is 11.4. The van der Waals surface area contributed by atoms with Crippen LogP contribution >= 0.6 is 0 Å². The van der Waals surface area contributed by atoms with Gasteiger partial charge in [0.2, 0.25) is 5.95 Å². The van der Waals surface area contributed by atoms with Crippen molar-refractivity contribution in [3.8, 4) is 0 Å². The lowest BCUT2D eigenvalue weighted by molar-refractivity contribution is 0.188. The number of halogens is 1. The fourth-order valence-electron chi connectivity index (χ4n) is 2.13. The van der Waals surface area contributed by atoms with Crippen molar-refractivity contribution in [3.05, 3.63) is 12.0 Å². The smallest absolute Gasteiger partial charge is 0.227 e. The molecule has 0 bridgehead atoms. The summed E-state index contributed by atoms with van der Waals surface area (Å²) in [6.07, 6.45) is 1.22. The molecule has 19 heavy (non-hydrogen) atoms. The summed E-state index contributed by atoms with van der Waals surface area (Å²) in [5, 5.41) is 8.90. The highest BCUT2D eigenvalue weighted by molar-refractivity contribution is 5.44. The number of aliphatic hydroxyl groups is 1. The van der Waals surface area contributed by atoms with Crippen LogP contribution in [0.4, 0.5) is 16.2 Å². The Labute approximate surface area is 112 Å². The van der Waals surface area contributed by atoms with E-state index in [1.54, 1.807) is 19.0 Å². The summed E-state index contributed by atoms with van der Waals surface area (Å²) in [5.74, 6) is 0.462. The van der Waals surface area contributed by atoms with Crippen LogP contribution in [-0.2, 0) is 0 Å². The molecule has 0 atom stereocenters. The predicted molar refractivity (Wildman–Crippen MR) is 72.1 cm³/mol. The van der Waals surface area contributed by atoms with Crippen LogP contribution in [0.5, 0.6) is 0 Å². The van der Waals surface area contributed by atoms with Crippen LogP contribution in [0.25, 0.3) is 0 Å². The second-order valence-corrected chi connectivity index (χ2v) is 4.79. The van der Waals surface area contributed by atoms with Gasteiger partial charge in [-0.15, -0.1) is 0 Å². The number of hydrogen-bond acceptors (Lipinski definition) is 6. The lowest BCUT2D eigenvalue weighted by Gasteiger charge is -2.34. The zero-order valence-corrected chi connectivity index (χ0v) is 11.4.